The fraction of sp³-hybridized carbons (Fsp3) is 0.778. The number of aliphatic hydroxyl groups is 1. The van der Waals surface area contributed by atoms with Gasteiger partial charge in [-0.1, -0.05) is 19.3 Å². The number of amides is 2. The molecular formula is C18H28N4O2. The van der Waals surface area contributed by atoms with E-state index >= 15 is 0 Å². The fourth-order valence-electron chi connectivity index (χ4n) is 5.05. The van der Waals surface area contributed by atoms with Crippen LogP contribution in [-0.4, -0.2) is 43.7 Å². The lowest BCUT2D eigenvalue weighted by Gasteiger charge is -2.43. The third-order valence-electron chi connectivity index (χ3n) is 6.17. The van der Waals surface area contributed by atoms with Crippen molar-refractivity contribution >= 4 is 6.03 Å². The minimum absolute atomic E-state index is 0.0799. The van der Waals surface area contributed by atoms with E-state index in [0.29, 0.717) is 18.9 Å². The molecule has 2 N–H and O–H groups in total. The summed E-state index contributed by atoms with van der Waals surface area (Å²) in [5.41, 5.74) is -0.911. The zero-order chi connectivity index (χ0) is 16.7. The number of piperidine rings is 1. The van der Waals surface area contributed by atoms with Crippen molar-refractivity contribution in [1.29, 1.82) is 0 Å². The quantitative estimate of drug-likeness (QED) is 0.873. The van der Waals surface area contributed by atoms with Crippen molar-refractivity contribution in [2.24, 2.45) is 7.05 Å². The summed E-state index contributed by atoms with van der Waals surface area (Å²) in [5, 5.41) is 14.4. The van der Waals surface area contributed by atoms with Crippen LogP contribution in [0.15, 0.2) is 12.4 Å². The number of hydrogen-bond donors (Lipinski definition) is 2. The second kappa shape index (κ2) is 6.06. The maximum Gasteiger partial charge on any atom is 0.318 e. The fourth-order valence-corrected chi connectivity index (χ4v) is 5.05. The van der Waals surface area contributed by atoms with E-state index in [-0.39, 0.29) is 18.1 Å². The van der Waals surface area contributed by atoms with Crippen molar-refractivity contribution in [2.45, 2.75) is 81.5 Å². The second-order valence-electron chi connectivity index (χ2n) is 7.88. The van der Waals surface area contributed by atoms with Gasteiger partial charge < -0.3 is 19.9 Å². The molecule has 2 saturated heterocycles. The number of carbonyl (C=O) groups excluding carboxylic acids is 1. The number of nitrogens with zero attached hydrogens (tertiary/aromatic N) is 3. The van der Waals surface area contributed by atoms with E-state index in [1.165, 1.54) is 19.3 Å². The average Bonchev–Trinajstić information content (AvgIpc) is 3.11. The Hall–Kier alpha value is -1.56. The van der Waals surface area contributed by atoms with Crippen LogP contribution >= 0.6 is 0 Å². The maximum absolute atomic E-state index is 12.8. The number of aromatic nitrogens is 2. The average molecular weight is 332 g/mol. The lowest BCUT2D eigenvalue weighted by atomic mass is 9.85. The Morgan fingerprint density at radius 1 is 1.21 bits per heavy atom. The van der Waals surface area contributed by atoms with Crippen molar-refractivity contribution < 1.29 is 9.90 Å². The first-order valence-corrected chi connectivity index (χ1v) is 9.36. The monoisotopic (exact) mass is 332 g/mol. The first-order valence-electron chi connectivity index (χ1n) is 9.36. The van der Waals surface area contributed by atoms with Gasteiger partial charge in [0, 0.05) is 50.4 Å². The van der Waals surface area contributed by atoms with Crippen LogP contribution in [0.1, 0.15) is 63.6 Å². The van der Waals surface area contributed by atoms with Crippen molar-refractivity contribution in [2.75, 3.05) is 0 Å². The molecule has 0 aromatic carbocycles. The van der Waals surface area contributed by atoms with Crippen LogP contribution < -0.4 is 5.32 Å². The number of hydrogen-bond acceptors (Lipinski definition) is 3. The molecule has 0 radical (unpaired) electrons. The Labute approximate surface area is 143 Å². The second-order valence-corrected chi connectivity index (χ2v) is 7.88. The summed E-state index contributed by atoms with van der Waals surface area (Å²) < 4.78 is 1.90. The van der Waals surface area contributed by atoms with Gasteiger partial charge in [-0.05, 0) is 25.7 Å². The number of nitrogens with one attached hydrogen (secondary N) is 1. The Morgan fingerprint density at radius 3 is 2.46 bits per heavy atom. The summed E-state index contributed by atoms with van der Waals surface area (Å²) in [5.74, 6) is 0.728. The standard InChI is InChI=1S/C18H28N4O2/c1-21-10-9-19-16(21)18(24)11-14-7-8-15(12-18)22(14)17(23)20-13-5-3-2-4-6-13/h9-10,13-15,24H,2-8,11-12H2,1H3,(H,20,23)/t14-,15-/m0/s1. The molecule has 24 heavy (non-hydrogen) atoms. The predicted molar refractivity (Wildman–Crippen MR) is 90.4 cm³/mol. The Kier molecular flexibility index (Phi) is 4.03. The highest BCUT2D eigenvalue weighted by Gasteiger charge is 2.51. The van der Waals surface area contributed by atoms with Crippen LogP contribution in [0.4, 0.5) is 4.79 Å². The molecule has 6 nitrogen and oxygen atoms in total. The summed E-state index contributed by atoms with van der Waals surface area (Å²) in [7, 11) is 1.92. The zero-order valence-electron chi connectivity index (χ0n) is 14.4. The van der Waals surface area contributed by atoms with Gasteiger partial charge in [-0.2, -0.15) is 0 Å². The summed E-state index contributed by atoms with van der Waals surface area (Å²) in [6, 6.07) is 0.653. The SMILES string of the molecule is Cn1ccnc1C1(O)C[C@@H]2CC[C@@H](C1)N2C(=O)NC1CCCCC1. The summed E-state index contributed by atoms with van der Waals surface area (Å²) in [6.45, 7) is 0. The molecule has 1 saturated carbocycles. The molecule has 3 heterocycles. The van der Waals surface area contributed by atoms with E-state index in [4.69, 9.17) is 0 Å². The van der Waals surface area contributed by atoms with Crippen LogP contribution in [0.2, 0.25) is 0 Å². The number of carbonyl (C=O) groups is 1. The normalized spacial score (nSPS) is 33.7. The number of urea groups is 1. The van der Waals surface area contributed by atoms with E-state index in [1.54, 1.807) is 6.20 Å². The van der Waals surface area contributed by atoms with Crippen molar-refractivity contribution in [3.05, 3.63) is 18.2 Å². The topological polar surface area (TPSA) is 70.4 Å². The minimum Gasteiger partial charge on any atom is -0.382 e. The van der Waals surface area contributed by atoms with E-state index < -0.39 is 5.60 Å². The number of aryl methyl sites for hydroxylation is 1. The predicted octanol–water partition coefficient (Wildman–Crippen LogP) is 2.28. The highest BCUT2D eigenvalue weighted by atomic mass is 16.3. The molecule has 2 atom stereocenters. The molecule has 3 fully saturated rings. The third kappa shape index (κ3) is 2.70. The van der Waals surface area contributed by atoms with Crippen LogP contribution in [-0.2, 0) is 12.6 Å². The molecule has 1 aromatic heterocycles. The number of fused-ring (bicyclic) bond motifs is 2. The minimum atomic E-state index is -0.911. The Bertz CT molecular complexity index is 594. The Balaban J connectivity index is 1.47. The first kappa shape index (κ1) is 15.9. The van der Waals surface area contributed by atoms with E-state index in [2.05, 4.69) is 10.3 Å². The number of imidazole rings is 1. The van der Waals surface area contributed by atoms with Gasteiger partial charge in [0.25, 0.3) is 0 Å². The molecule has 0 unspecified atom stereocenters. The van der Waals surface area contributed by atoms with Gasteiger partial charge in [-0.3, -0.25) is 0 Å². The van der Waals surface area contributed by atoms with E-state index in [0.717, 1.165) is 31.5 Å². The molecule has 2 amide bonds. The highest BCUT2D eigenvalue weighted by molar-refractivity contribution is 5.76. The third-order valence-corrected chi connectivity index (χ3v) is 6.17. The molecule has 2 bridgehead atoms. The van der Waals surface area contributed by atoms with Crippen LogP contribution in [0.5, 0.6) is 0 Å². The molecule has 4 rings (SSSR count). The molecule has 6 heteroatoms. The van der Waals surface area contributed by atoms with Crippen molar-refractivity contribution in [3.63, 3.8) is 0 Å². The molecule has 0 spiro atoms. The lowest BCUT2D eigenvalue weighted by Crippen LogP contribution is -2.56. The van der Waals surface area contributed by atoms with Gasteiger partial charge in [0.05, 0.1) is 0 Å². The molecule has 1 aromatic rings. The van der Waals surface area contributed by atoms with Gasteiger partial charge in [-0.15, -0.1) is 0 Å². The van der Waals surface area contributed by atoms with Gasteiger partial charge >= 0.3 is 6.03 Å². The Morgan fingerprint density at radius 2 is 1.88 bits per heavy atom. The van der Waals surface area contributed by atoms with Gasteiger partial charge in [0.1, 0.15) is 11.4 Å². The largest absolute Gasteiger partial charge is 0.382 e. The molecule has 3 aliphatic rings. The first-order chi connectivity index (χ1) is 11.6. The van der Waals surface area contributed by atoms with Gasteiger partial charge in [0.2, 0.25) is 0 Å². The lowest BCUT2D eigenvalue weighted by molar-refractivity contribution is -0.0521. The van der Waals surface area contributed by atoms with Crippen molar-refractivity contribution in [3.8, 4) is 0 Å². The molecular weight excluding hydrogens is 304 g/mol. The molecule has 132 valence electrons. The zero-order valence-corrected chi connectivity index (χ0v) is 14.4. The van der Waals surface area contributed by atoms with Crippen LogP contribution in [0, 0.1) is 0 Å². The van der Waals surface area contributed by atoms with E-state index in [1.807, 2.05) is 22.7 Å². The summed E-state index contributed by atoms with van der Waals surface area (Å²) in [6.07, 6.45) is 12.7. The van der Waals surface area contributed by atoms with Crippen LogP contribution in [0.3, 0.4) is 0 Å². The van der Waals surface area contributed by atoms with E-state index in [9.17, 15) is 9.90 Å². The van der Waals surface area contributed by atoms with Crippen molar-refractivity contribution in [1.82, 2.24) is 19.8 Å². The smallest absolute Gasteiger partial charge is 0.318 e. The highest BCUT2D eigenvalue weighted by Crippen LogP contribution is 2.45. The molecule has 2 aliphatic heterocycles. The maximum atomic E-state index is 12.8. The van der Waals surface area contributed by atoms with Gasteiger partial charge in [-0.25, -0.2) is 9.78 Å². The van der Waals surface area contributed by atoms with Crippen LogP contribution in [0.25, 0.3) is 0 Å². The molecule has 1 aliphatic carbocycles. The summed E-state index contributed by atoms with van der Waals surface area (Å²) in [4.78, 5) is 19.2. The number of rotatable bonds is 2. The summed E-state index contributed by atoms with van der Waals surface area (Å²) >= 11 is 0. The van der Waals surface area contributed by atoms with Gasteiger partial charge in [0.15, 0.2) is 0 Å².